The topological polar surface area (TPSA) is 42.0 Å². The fraction of sp³-hybridized carbons (Fsp3) is 0.176. The summed E-state index contributed by atoms with van der Waals surface area (Å²) in [5.41, 5.74) is 1.48. The maximum Gasteiger partial charge on any atom is 0.251 e. The van der Waals surface area contributed by atoms with Gasteiger partial charge < -0.3 is 5.32 Å². The van der Waals surface area contributed by atoms with Crippen molar-refractivity contribution in [1.82, 2.24) is 10.3 Å². The number of nitrogens with one attached hydrogen (secondary N) is 1. The summed E-state index contributed by atoms with van der Waals surface area (Å²) in [5, 5.41) is 5.97. The number of hydrogen-bond acceptors (Lipinski definition) is 4. The number of nitrogens with zero attached hydrogens (tertiary/aromatic N) is 1. The third kappa shape index (κ3) is 4.03. The number of thiazole rings is 1. The summed E-state index contributed by atoms with van der Waals surface area (Å²) >= 11 is 3.33. The number of hydrogen-bond donors (Lipinski definition) is 1. The second-order valence-electron chi connectivity index (χ2n) is 5.03. The molecular weight excluding hydrogens is 331 g/mol. The number of aryl methyl sites for hydroxylation is 1. The molecule has 3 nitrogen and oxygen atoms in total. The molecule has 0 aliphatic heterocycles. The number of benzene rings is 1. The van der Waals surface area contributed by atoms with Crippen LogP contribution in [0.1, 0.15) is 20.2 Å². The van der Waals surface area contributed by atoms with E-state index >= 15 is 0 Å². The third-order valence-corrected chi connectivity index (χ3v) is 5.24. The molecule has 3 aromatic rings. The summed E-state index contributed by atoms with van der Waals surface area (Å²) in [4.78, 5) is 18.8. The van der Waals surface area contributed by atoms with Gasteiger partial charge in [-0.1, -0.05) is 0 Å². The predicted molar refractivity (Wildman–Crippen MR) is 92.6 cm³/mol. The van der Waals surface area contributed by atoms with Crippen LogP contribution in [0.2, 0.25) is 0 Å². The van der Waals surface area contributed by atoms with Gasteiger partial charge in [-0.3, -0.25) is 4.79 Å². The molecule has 0 aliphatic rings. The standard InChI is InChI=1S/C17H15FN2OS2/c1-11-20-15(10-22-11)16-7-6-14(23-16)8-9-19-17(21)12-2-4-13(18)5-3-12/h2-7,10H,8-9H2,1H3,(H,19,21). The Morgan fingerprint density at radius 1 is 1.22 bits per heavy atom. The quantitative estimate of drug-likeness (QED) is 0.749. The van der Waals surface area contributed by atoms with Gasteiger partial charge in [0.2, 0.25) is 0 Å². The van der Waals surface area contributed by atoms with E-state index in [4.69, 9.17) is 0 Å². The lowest BCUT2D eigenvalue weighted by molar-refractivity contribution is 0.0954. The zero-order chi connectivity index (χ0) is 16.2. The number of carbonyl (C=O) groups is 1. The molecule has 2 heterocycles. The lowest BCUT2D eigenvalue weighted by Gasteiger charge is -2.04. The van der Waals surface area contributed by atoms with Crippen molar-refractivity contribution in [3.05, 3.63) is 63.0 Å². The molecule has 0 saturated carbocycles. The van der Waals surface area contributed by atoms with Crippen LogP contribution in [0.4, 0.5) is 4.39 Å². The molecule has 0 bridgehead atoms. The summed E-state index contributed by atoms with van der Waals surface area (Å²) in [6, 6.07) is 9.68. The fourth-order valence-corrected chi connectivity index (χ4v) is 3.78. The Labute approximate surface area is 141 Å². The van der Waals surface area contributed by atoms with Crippen LogP contribution in [0.5, 0.6) is 0 Å². The van der Waals surface area contributed by atoms with Crippen molar-refractivity contribution in [2.75, 3.05) is 6.54 Å². The van der Waals surface area contributed by atoms with Crippen LogP contribution in [-0.2, 0) is 6.42 Å². The van der Waals surface area contributed by atoms with Crippen LogP contribution in [0.15, 0.2) is 41.8 Å². The first kappa shape index (κ1) is 15.8. The lowest BCUT2D eigenvalue weighted by atomic mass is 10.2. The molecule has 6 heteroatoms. The molecule has 1 amide bonds. The van der Waals surface area contributed by atoms with Crippen molar-refractivity contribution < 1.29 is 9.18 Å². The van der Waals surface area contributed by atoms with Crippen molar-refractivity contribution >= 4 is 28.6 Å². The monoisotopic (exact) mass is 346 g/mol. The molecule has 0 atom stereocenters. The van der Waals surface area contributed by atoms with Crippen LogP contribution in [0.25, 0.3) is 10.6 Å². The van der Waals surface area contributed by atoms with E-state index in [1.165, 1.54) is 29.1 Å². The molecule has 0 radical (unpaired) electrons. The van der Waals surface area contributed by atoms with E-state index in [2.05, 4.69) is 27.8 Å². The molecule has 0 aliphatic carbocycles. The Morgan fingerprint density at radius 3 is 2.70 bits per heavy atom. The minimum atomic E-state index is -0.343. The highest BCUT2D eigenvalue weighted by atomic mass is 32.1. The molecule has 2 aromatic heterocycles. The van der Waals surface area contributed by atoms with Crippen molar-refractivity contribution in [3.8, 4) is 10.6 Å². The van der Waals surface area contributed by atoms with Gasteiger partial charge in [0.1, 0.15) is 5.82 Å². The molecule has 1 aromatic carbocycles. The molecule has 0 spiro atoms. The van der Waals surface area contributed by atoms with E-state index in [0.29, 0.717) is 12.1 Å². The lowest BCUT2D eigenvalue weighted by Crippen LogP contribution is -2.25. The van der Waals surface area contributed by atoms with Crippen molar-refractivity contribution in [3.63, 3.8) is 0 Å². The summed E-state index contributed by atoms with van der Waals surface area (Å²) in [6.45, 7) is 2.54. The molecule has 23 heavy (non-hydrogen) atoms. The van der Waals surface area contributed by atoms with E-state index in [1.807, 2.05) is 6.92 Å². The molecule has 1 N–H and O–H groups in total. The summed E-state index contributed by atoms with van der Waals surface area (Å²) < 4.78 is 12.8. The van der Waals surface area contributed by atoms with Gasteiger partial charge in [-0.15, -0.1) is 22.7 Å². The molecular formula is C17H15FN2OS2. The average Bonchev–Trinajstić information content (AvgIpc) is 3.17. The Balaban J connectivity index is 1.54. The highest BCUT2D eigenvalue weighted by Crippen LogP contribution is 2.29. The Kier molecular flexibility index (Phi) is 4.83. The van der Waals surface area contributed by atoms with Crippen LogP contribution in [0.3, 0.4) is 0 Å². The number of amides is 1. The second kappa shape index (κ2) is 7.02. The number of carbonyl (C=O) groups excluding carboxylic acids is 1. The first-order valence-corrected chi connectivity index (χ1v) is 8.86. The minimum absolute atomic E-state index is 0.183. The number of rotatable bonds is 5. The second-order valence-corrected chi connectivity index (χ2v) is 7.26. The van der Waals surface area contributed by atoms with E-state index in [9.17, 15) is 9.18 Å². The smallest absolute Gasteiger partial charge is 0.251 e. The Bertz CT molecular complexity index is 808. The zero-order valence-electron chi connectivity index (χ0n) is 12.5. The largest absolute Gasteiger partial charge is 0.352 e. The molecule has 0 saturated heterocycles. The number of thiophene rings is 1. The van der Waals surface area contributed by atoms with Crippen molar-refractivity contribution in [2.45, 2.75) is 13.3 Å². The predicted octanol–water partition coefficient (Wildman–Crippen LogP) is 4.29. The summed E-state index contributed by atoms with van der Waals surface area (Å²) in [5.74, 6) is -0.526. The summed E-state index contributed by atoms with van der Waals surface area (Å²) in [7, 11) is 0. The summed E-state index contributed by atoms with van der Waals surface area (Å²) in [6.07, 6.45) is 0.765. The van der Waals surface area contributed by atoms with E-state index in [0.717, 1.165) is 22.0 Å². The average molecular weight is 346 g/mol. The fourth-order valence-electron chi connectivity index (χ4n) is 2.13. The molecule has 118 valence electrons. The maximum absolute atomic E-state index is 12.8. The van der Waals surface area contributed by atoms with E-state index in [-0.39, 0.29) is 11.7 Å². The SMILES string of the molecule is Cc1nc(-c2ccc(CCNC(=O)c3ccc(F)cc3)s2)cs1. The van der Waals surface area contributed by atoms with Gasteiger partial charge in [-0.05, 0) is 49.7 Å². The van der Waals surface area contributed by atoms with Gasteiger partial charge in [-0.2, -0.15) is 0 Å². The normalized spacial score (nSPS) is 10.7. The third-order valence-electron chi connectivity index (χ3n) is 3.30. The zero-order valence-corrected chi connectivity index (χ0v) is 14.1. The van der Waals surface area contributed by atoms with Crippen LogP contribution in [-0.4, -0.2) is 17.4 Å². The van der Waals surface area contributed by atoms with Crippen LogP contribution >= 0.6 is 22.7 Å². The highest BCUT2D eigenvalue weighted by molar-refractivity contribution is 7.16. The van der Waals surface area contributed by atoms with Crippen molar-refractivity contribution in [1.29, 1.82) is 0 Å². The van der Waals surface area contributed by atoms with Gasteiger partial charge >= 0.3 is 0 Å². The van der Waals surface area contributed by atoms with Gasteiger partial charge in [0.15, 0.2) is 0 Å². The van der Waals surface area contributed by atoms with Gasteiger partial charge in [0.25, 0.3) is 5.91 Å². The van der Waals surface area contributed by atoms with Gasteiger partial charge in [0.05, 0.1) is 15.6 Å². The highest BCUT2D eigenvalue weighted by Gasteiger charge is 2.08. The van der Waals surface area contributed by atoms with E-state index in [1.54, 1.807) is 22.7 Å². The first-order valence-electron chi connectivity index (χ1n) is 7.17. The van der Waals surface area contributed by atoms with E-state index < -0.39 is 0 Å². The van der Waals surface area contributed by atoms with Crippen LogP contribution < -0.4 is 5.32 Å². The van der Waals surface area contributed by atoms with Gasteiger partial charge in [0, 0.05) is 22.4 Å². The Hall–Kier alpha value is -2.05. The van der Waals surface area contributed by atoms with Crippen LogP contribution in [0, 0.1) is 12.7 Å². The minimum Gasteiger partial charge on any atom is -0.352 e. The molecule has 0 unspecified atom stereocenters. The number of aromatic nitrogens is 1. The maximum atomic E-state index is 12.8. The van der Waals surface area contributed by atoms with Crippen molar-refractivity contribution in [2.24, 2.45) is 0 Å². The Morgan fingerprint density at radius 2 is 2.00 bits per heavy atom. The molecule has 0 fully saturated rings. The first-order chi connectivity index (χ1) is 11.1. The number of halogens is 1. The van der Waals surface area contributed by atoms with Gasteiger partial charge in [-0.25, -0.2) is 9.37 Å². The molecule has 3 rings (SSSR count).